The van der Waals surface area contributed by atoms with E-state index in [0.717, 1.165) is 23.4 Å². The highest BCUT2D eigenvalue weighted by atomic mass is 32.2. The third-order valence-corrected chi connectivity index (χ3v) is 4.51. The maximum Gasteiger partial charge on any atom is 0.268 e. The fourth-order valence-corrected chi connectivity index (χ4v) is 2.80. The van der Waals surface area contributed by atoms with Crippen LogP contribution in [0.15, 0.2) is 42.5 Å². The summed E-state index contributed by atoms with van der Waals surface area (Å²) >= 11 is 0. The molecule has 5 heteroatoms. The van der Waals surface area contributed by atoms with Crippen LogP contribution < -0.4 is 0 Å². The van der Waals surface area contributed by atoms with Gasteiger partial charge in [-0.15, -0.1) is 0 Å². The predicted molar refractivity (Wildman–Crippen MR) is 80.0 cm³/mol. The molecular formula is C15H19NO3S. The molecule has 0 N–H and O–H groups in total. The summed E-state index contributed by atoms with van der Waals surface area (Å²) in [6.45, 7) is 2.46. The van der Waals surface area contributed by atoms with Gasteiger partial charge in [0.2, 0.25) is 0 Å². The third kappa shape index (κ3) is 3.29. The molecule has 0 amide bonds. The van der Waals surface area contributed by atoms with Crippen LogP contribution in [-0.2, 0) is 27.3 Å². The summed E-state index contributed by atoms with van der Waals surface area (Å²) in [7, 11) is -2.24. The lowest BCUT2D eigenvalue weighted by molar-refractivity contribution is 0.395. The van der Waals surface area contributed by atoms with Gasteiger partial charge in [-0.1, -0.05) is 37.3 Å². The minimum atomic E-state index is -3.44. The summed E-state index contributed by atoms with van der Waals surface area (Å²) in [4.78, 5) is 0. The zero-order chi connectivity index (χ0) is 14.6. The Kier molecular flexibility index (Phi) is 4.62. The first-order valence-electron chi connectivity index (χ1n) is 6.59. The molecule has 0 aliphatic heterocycles. The van der Waals surface area contributed by atoms with Crippen molar-refractivity contribution in [2.24, 2.45) is 0 Å². The average Bonchev–Trinajstić information content (AvgIpc) is 2.89. The lowest BCUT2D eigenvalue weighted by Gasteiger charge is -2.13. The Balaban J connectivity index is 2.33. The van der Waals surface area contributed by atoms with Gasteiger partial charge in [-0.05, 0) is 24.1 Å². The summed E-state index contributed by atoms with van der Waals surface area (Å²) < 4.78 is 29.6. The topological polar surface area (TPSA) is 48.3 Å². The molecule has 0 radical (unpaired) electrons. The molecule has 2 rings (SSSR count). The van der Waals surface area contributed by atoms with Crippen molar-refractivity contribution in [3.8, 4) is 11.3 Å². The van der Waals surface area contributed by atoms with Crippen LogP contribution in [0.1, 0.15) is 12.6 Å². The van der Waals surface area contributed by atoms with Gasteiger partial charge in [-0.2, -0.15) is 8.42 Å². The summed E-state index contributed by atoms with van der Waals surface area (Å²) in [5.41, 5.74) is 3.24. The van der Waals surface area contributed by atoms with Gasteiger partial charge in [-0.25, -0.2) is 0 Å². The van der Waals surface area contributed by atoms with E-state index in [1.54, 1.807) is 0 Å². The minimum Gasteiger partial charge on any atom is -0.344 e. The molecule has 0 spiro atoms. The maximum atomic E-state index is 11.5. The van der Waals surface area contributed by atoms with Crippen LogP contribution in [-0.4, -0.2) is 25.8 Å². The number of aryl methyl sites for hydroxylation is 1. The van der Waals surface area contributed by atoms with E-state index in [4.69, 9.17) is 0 Å². The zero-order valence-corrected chi connectivity index (χ0v) is 12.6. The monoisotopic (exact) mass is 293 g/mol. The molecule has 1 aromatic carbocycles. The molecule has 0 aliphatic carbocycles. The van der Waals surface area contributed by atoms with Crippen molar-refractivity contribution in [3.05, 3.63) is 48.2 Å². The molecule has 0 fully saturated rings. The Bertz CT molecular complexity index is 660. The molecule has 0 bridgehead atoms. The van der Waals surface area contributed by atoms with Gasteiger partial charge in [0, 0.05) is 17.9 Å². The predicted octanol–water partition coefficient (Wildman–Crippen LogP) is 2.69. The van der Waals surface area contributed by atoms with Crippen LogP contribution in [0.2, 0.25) is 0 Å². The van der Waals surface area contributed by atoms with E-state index in [0.29, 0.717) is 6.54 Å². The second-order valence-corrected chi connectivity index (χ2v) is 6.37. The maximum absolute atomic E-state index is 11.5. The van der Waals surface area contributed by atoms with Crippen molar-refractivity contribution in [1.29, 1.82) is 0 Å². The largest absolute Gasteiger partial charge is 0.344 e. The van der Waals surface area contributed by atoms with Crippen LogP contribution in [0.25, 0.3) is 11.3 Å². The SMILES string of the molecule is CCc1ccc(-c2ccccc2)n1CCS(=O)(=O)OC. The van der Waals surface area contributed by atoms with Crippen LogP contribution >= 0.6 is 0 Å². The van der Waals surface area contributed by atoms with Crippen LogP contribution in [0, 0.1) is 0 Å². The first-order chi connectivity index (χ1) is 9.57. The Morgan fingerprint density at radius 2 is 1.80 bits per heavy atom. The highest BCUT2D eigenvalue weighted by Gasteiger charge is 2.13. The third-order valence-electron chi connectivity index (χ3n) is 3.32. The van der Waals surface area contributed by atoms with Gasteiger partial charge in [0.05, 0.1) is 12.9 Å². The molecule has 0 atom stereocenters. The minimum absolute atomic E-state index is 0.0228. The highest BCUT2D eigenvalue weighted by molar-refractivity contribution is 7.86. The van der Waals surface area contributed by atoms with Crippen molar-refractivity contribution in [1.82, 2.24) is 4.57 Å². The quantitative estimate of drug-likeness (QED) is 0.769. The lowest BCUT2D eigenvalue weighted by Crippen LogP contribution is -2.16. The molecule has 1 aromatic heterocycles. The molecular weight excluding hydrogens is 274 g/mol. The Morgan fingerprint density at radius 1 is 1.10 bits per heavy atom. The number of benzene rings is 1. The van der Waals surface area contributed by atoms with Crippen molar-refractivity contribution in [2.75, 3.05) is 12.9 Å². The van der Waals surface area contributed by atoms with Gasteiger partial charge in [0.1, 0.15) is 0 Å². The summed E-state index contributed by atoms with van der Waals surface area (Å²) in [6, 6.07) is 14.0. The molecule has 0 unspecified atom stereocenters. The molecule has 2 aromatic rings. The van der Waals surface area contributed by atoms with E-state index in [1.807, 2.05) is 47.0 Å². The van der Waals surface area contributed by atoms with Gasteiger partial charge < -0.3 is 4.57 Å². The fourth-order valence-electron chi connectivity index (χ4n) is 2.23. The van der Waals surface area contributed by atoms with E-state index < -0.39 is 10.1 Å². The Morgan fingerprint density at radius 3 is 2.40 bits per heavy atom. The van der Waals surface area contributed by atoms with Crippen LogP contribution in [0.5, 0.6) is 0 Å². The number of aromatic nitrogens is 1. The first kappa shape index (κ1) is 14.8. The second kappa shape index (κ2) is 6.24. The van der Waals surface area contributed by atoms with E-state index in [-0.39, 0.29) is 5.75 Å². The highest BCUT2D eigenvalue weighted by Crippen LogP contribution is 2.23. The fraction of sp³-hybridized carbons (Fsp3) is 0.333. The molecule has 0 aliphatic rings. The first-order valence-corrected chi connectivity index (χ1v) is 8.17. The summed E-state index contributed by atoms with van der Waals surface area (Å²) in [5.74, 6) is -0.0228. The molecule has 108 valence electrons. The van der Waals surface area contributed by atoms with Gasteiger partial charge in [0.25, 0.3) is 10.1 Å². The Labute approximate surface area is 120 Å². The van der Waals surface area contributed by atoms with Crippen molar-refractivity contribution in [2.45, 2.75) is 19.9 Å². The van der Waals surface area contributed by atoms with Crippen LogP contribution in [0.3, 0.4) is 0 Å². The Hall–Kier alpha value is -1.59. The van der Waals surface area contributed by atoms with Crippen molar-refractivity contribution >= 4 is 10.1 Å². The summed E-state index contributed by atoms with van der Waals surface area (Å²) in [6.07, 6.45) is 0.861. The van der Waals surface area contributed by atoms with Crippen molar-refractivity contribution < 1.29 is 12.6 Å². The zero-order valence-electron chi connectivity index (χ0n) is 11.7. The standard InChI is InChI=1S/C15H19NO3S/c1-3-14-9-10-15(13-7-5-4-6-8-13)16(14)11-12-20(17,18)19-2/h4-10H,3,11-12H2,1-2H3. The van der Waals surface area contributed by atoms with Crippen LogP contribution in [0.4, 0.5) is 0 Å². The van der Waals surface area contributed by atoms with E-state index in [9.17, 15) is 8.42 Å². The smallest absolute Gasteiger partial charge is 0.268 e. The van der Waals surface area contributed by atoms with E-state index in [1.165, 1.54) is 7.11 Å². The van der Waals surface area contributed by atoms with Gasteiger partial charge in [-0.3, -0.25) is 4.18 Å². The number of nitrogens with zero attached hydrogens (tertiary/aromatic N) is 1. The second-order valence-electron chi connectivity index (χ2n) is 4.51. The molecule has 1 heterocycles. The summed E-state index contributed by atoms with van der Waals surface area (Å²) in [5, 5.41) is 0. The average molecular weight is 293 g/mol. The number of hydrogen-bond acceptors (Lipinski definition) is 3. The van der Waals surface area contributed by atoms with Gasteiger partial charge in [0.15, 0.2) is 0 Å². The van der Waals surface area contributed by atoms with E-state index in [2.05, 4.69) is 11.1 Å². The number of rotatable bonds is 6. The molecule has 4 nitrogen and oxygen atoms in total. The lowest BCUT2D eigenvalue weighted by atomic mass is 10.1. The molecule has 0 saturated carbocycles. The van der Waals surface area contributed by atoms with Gasteiger partial charge >= 0.3 is 0 Å². The van der Waals surface area contributed by atoms with E-state index >= 15 is 0 Å². The molecule has 20 heavy (non-hydrogen) atoms. The van der Waals surface area contributed by atoms with Crippen molar-refractivity contribution in [3.63, 3.8) is 0 Å². The normalized spacial score (nSPS) is 11.7. The number of hydrogen-bond donors (Lipinski definition) is 0. The molecule has 0 saturated heterocycles.